The molecule has 1 amide bonds. The van der Waals surface area contributed by atoms with Gasteiger partial charge in [0.15, 0.2) is 0 Å². The molecule has 104 valence electrons. The molecule has 1 aromatic carbocycles. The largest absolute Gasteiger partial charge is 0.379 e. The minimum Gasteiger partial charge on any atom is -0.379 e. The smallest absolute Gasteiger partial charge is 0.231 e. The Labute approximate surface area is 122 Å². The van der Waals surface area contributed by atoms with Crippen LogP contribution in [0.4, 0.5) is 5.69 Å². The van der Waals surface area contributed by atoms with Crippen LogP contribution in [0.25, 0.3) is 0 Å². The van der Waals surface area contributed by atoms with Gasteiger partial charge in [-0.05, 0) is 31.2 Å². The summed E-state index contributed by atoms with van der Waals surface area (Å²) in [6, 6.07) is 7.72. The molecule has 2 unspecified atom stereocenters. The number of rotatable bonds is 5. The van der Waals surface area contributed by atoms with Crippen LogP contribution < -0.4 is 10.6 Å². The van der Waals surface area contributed by atoms with Gasteiger partial charge < -0.3 is 15.4 Å². The first kappa shape index (κ1) is 14.5. The van der Waals surface area contributed by atoms with Gasteiger partial charge in [0.25, 0.3) is 0 Å². The highest BCUT2D eigenvalue weighted by Crippen LogP contribution is 2.19. The lowest BCUT2D eigenvalue weighted by Gasteiger charge is -2.18. The number of carbonyl (C=O) groups is 1. The number of halogens is 1. The fourth-order valence-electron chi connectivity index (χ4n) is 2.14. The highest BCUT2D eigenvalue weighted by molar-refractivity contribution is 9.10. The monoisotopic (exact) mass is 326 g/mol. The van der Waals surface area contributed by atoms with Crippen LogP contribution in [0.1, 0.15) is 13.3 Å². The van der Waals surface area contributed by atoms with Gasteiger partial charge in [-0.15, -0.1) is 0 Å². The SMILES string of the molecule is CCCNC1COCC1C(=O)Nc1cccc(Br)c1. The van der Waals surface area contributed by atoms with Crippen molar-refractivity contribution in [1.82, 2.24) is 5.32 Å². The van der Waals surface area contributed by atoms with Crippen LogP contribution in [0.15, 0.2) is 28.7 Å². The van der Waals surface area contributed by atoms with Gasteiger partial charge in [0.2, 0.25) is 5.91 Å². The number of nitrogens with one attached hydrogen (secondary N) is 2. The van der Waals surface area contributed by atoms with E-state index in [1.54, 1.807) is 0 Å². The van der Waals surface area contributed by atoms with E-state index in [1.807, 2.05) is 24.3 Å². The third kappa shape index (κ3) is 4.03. The number of carbonyl (C=O) groups excluding carboxylic acids is 1. The number of amides is 1. The first-order chi connectivity index (χ1) is 9.20. The van der Waals surface area contributed by atoms with E-state index in [1.165, 1.54) is 0 Å². The van der Waals surface area contributed by atoms with E-state index in [2.05, 4.69) is 33.5 Å². The molecule has 2 atom stereocenters. The van der Waals surface area contributed by atoms with Gasteiger partial charge in [-0.25, -0.2) is 0 Å². The summed E-state index contributed by atoms with van der Waals surface area (Å²) in [7, 11) is 0. The molecule has 0 bridgehead atoms. The van der Waals surface area contributed by atoms with E-state index < -0.39 is 0 Å². The number of hydrogen-bond acceptors (Lipinski definition) is 3. The topological polar surface area (TPSA) is 50.4 Å². The van der Waals surface area contributed by atoms with Crippen LogP contribution in [0, 0.1) is 5.92 Å². The van der Waals surface area contributed by atoms with Gasteiger partial charge in [-0.1, -0.05) is 28.9 Å². The van der Waals surface area contributed by atoms with Crippen LogP contribution in [-0.4, -0.2) is 31.7 Å². The Balaban J connectivity index is 1.95. The Morgan fingerprint density at radius 2 is 2.32 bits per heavy atom. The minimum atomic E-state index is -0.120. The molecule has 0 radical (unpaired) electrons. The summed E-state index contributed by atoms with van der Waals surface area (Å²) < 4.78 is 6.37. The third-order valence-electron chi connectivity index (χ3n) is 3.17. The maximum atomic E-state index is 12.3. The van der Waals surface area contributed by atoms with E-state index >= 15 is 0 Å². The number of hydrogen-bond donors (Lipinski definition) is 2. The predicted octanol–water partition coefficient (Wildman–Crippen LogP) is 2.40. The summed E-state index contributed by atoms with van der Waals surface area (Å²) in [5.41, 5.74) is 0.806. The molecule has 1 fully saturated rings. The summed E-state index contributed by atoms with van der Waals surface area (Å²) in [6.45, 7) is 4.12. The number of anilines is 1. The summed E-state index contributed by atoms with van der Waals surface area (Å²) in [5, 5.41) is 6.31. The number of ether oxygens (including phenoxy) is 1. The highest BCUT2D eigenvalue weighted by atomic mass is 79.9. The molecule has 0 saturated carbocycles. The lowest BCUT2D eigenvalue weighted by Crippen LogP contribution is -2.41. The van der Waals surface area contributed by atoms with Gasteiger partial charge in [-0.2, -0.15) is 0 Å². The van der Waals surface area contributed by atoms with Gasteiger partial charge in [0.05, 0.1) is 19.1 Å². The number of benzene rings is 1. The molecular weight excluding hydrogens is 308 g/mol. The second-order valence-electron chi connectivity index (χ2n) is 4.70. The third-order valence-corrected chi connectivity index (χ3v) is 3.66. The van der Waals surface area contributed by atoms with Crippen LogP contribution in [0.2, 0.25) is 0 Å². The second kappa shape index (κ2) is 7.03. The van der Waals surface area contributed by atoms with Crippen LogP contribution in [0.5, 0.6) is 0 Å². The minimum absolute atomic E-state index is 0.0178. The van der Waals surface area contributed by atoms with Gasteiger partial charge in [0.1, 0.15) is 0 Å². The Morgan fingerprint density at radius 1 is 1.47 bits per heavy atom. The van der Waals surface area contributed by atoms with Gasteiger partial charge in [0, 0.05) is 16.2 Å². The second-order valence-corrected chi connectivity index (χ2v) is 5.62. The lowest BCUT2D eigenvalue weighted by atomic mass is 10.0. The molecule has 1 aromatic rings. The van der Waals surface area contributed by atoms with E-state index in [4.69, 9.17) is 4.74 Å². The zero-order valence-electron chi connectivity index (χ0n) is 11.0. The molecule has 0 spiro atoms. The van der Waals surface area contributed by atoms with Crippen molar-refractivity contribution in [2.24, 2.45) is 5.92 Å². The zero-order valence-corrected chi connectivity index (χ0v) is 12.6. The normalized spacial score (nSPS) is 22.4. The first-order valence-electron chi connectivity index (χ1n) is 6.58. The Kier molecular flexibility index (Phi) is 5.36. The molecule has 19 heavy (non-hydrogen) atoms. The summed E-state index contributed by atoms with van der Waals surface area (Å²) >= 11 is 3.39. The van der Waals surface area contributed by atoms with Crippen molar-refractivity contribution in [2.45, 2.75) is 19.4 Å². The lowest BCUT2D eigenvalue weighted by molar-refractivity contribution is -0.120. The Hall–Kier alpha value is -0.910. The molecule has 4 nitrogen and oxygen atoms in total. The van der Waals surface area contributed by atoms with Crippen molar-refractivity contribution in [2.75, 3.05) is 25.1 Å². The molecule has 1 saturated heterocycles. The first-order valence-corrected chi connectivity index (χ1v) is 7.37. The van der Waals surface area contributed by atoms with E-state index in [0.717, 1.165) is 23.1 Å². The Morgan fingerprint density at radius 3 is 3.05 bits per heavy atom. The van der Waals surface area contributed by atoms with Gasteiger partial charge >= 0.3 is 0 Å². The molecule has 2 N–H and O–H groups in total. The average Bonchev–Trinajstić information content (AvgIpc) is 2.84. The van der Waals surface area contributed by atoms with E-state index in [9.17, 15) is 4.79 Å². The van der Waals surface area contributed by atoms with Crippen molar-refractivity contribution < 1.29 is 9.53 Å². The van der Waals surface area contributed by atoms with Crippen molar-refractivity contribution in [3.8, 4) is 0 Å². The van der Waals surface area contributed by atoms with Crippen molar-refractivity contribution in [1.29, 1.82) is 0 Å². The molecule has 1 aliphatic rings. The van der Waals surface area contributed by atoms with Crippen molar-refractivity contribution in [3.05, 3.63) is 28.7 Å². The average molecular weight is 327 g/mol. The molecule has 1 aliphatic heterocycles. The molecule has 1 heterocycles. The summed E-state index contributed by atoms with van der Waals surface area (Å²) in [4.78, 5) is 12.3. The van der Waals surface area contributed by atoms with E-state index in [0.29, 0.717) is 13.2 Å². The fourth-order valence-corrected chi connectivity index (χ4v) is 2.54. The molecule has 2 rings (SSSR count). The van der Waals surface area contributed by atoms with Crippen molar-refractivity contribution >= 4 is 27.5 Å². The highest BCUT2D eigenvalue weighted by Gasteiger charge is 2.33. The van der Waals surface area contributed by atoms with Crippen LogP contribution in [-0.2, 0) is 9.53 Å². The van der Waals surface area contributed by atoms with Crippen molar-refractivity contribution in [3.63, 3.8) is 0 Å². The van der Waals surface area contributed by atoms with Crippen LogP contribution >= 0.6 is 15.9 Å². The van der Waals surface area contributed by atoms with E-state index in [-0.39, 0.29) is 17.9 Å². The quantitative estimate of drug-likeness (QED) is 0.873. The predicted molar refractivity (Wildman–Crippen MR) is 79.2 cm³/mol. The molecule has 0 aromatic heterocycles. The molecular formula is C14H19BrN2O2. The summed E-state index contributed by atoms with van der Waals surface area (Å²) in [6.07, 6.45) is 1.05. The maximum absolute atomic E-state index is 12.3. The maximum Gasteiger partial charge on any atom is 0.231 e. The summed E-state index contributed by atoms with van der Waals surface area (Å²) in [5.74, 6) is -0.102. The Bertz CT molecular complexity index is 439. The van der Waals surface area contributed by atoms with Gasteiger partial charge in [-0.3, -0.25) is 4.79 Å². The standard InChI is InChI=1S/C14H19BrN2O2/c1-2-6-16-13-9-19-8-12(13)14(18)17-11-5-3-4-10(15)7-11/h3-5,7,12-13,16H,2,6,8-9H2,1H3,(H,17,18). The van der Waals surface area contributed by atoms with Crippen LogP contribution in [0.3, 0.4) is 0 Å². The molecule has 5 heteroatoms. The molecule has 0 aliphatic carbocycles. The fraction of sp³-hybridized carbons (Fsp3) is 0.500. The zero-order chi connectivity index (χ0) is 13.7.